The number of terminal acetylenes is 1. The molecule has 3 N–H and O–H groups in total. The first-order valence-electron chi connectivity index (χ1n) is 5.81. The minimum absolute atomic E-state index is 0.334. The van der Waals surface area contributed by atoms with Gasteiger partial charge in [-0.15, -0.1) is 12.3 Å². The van der Waals surface area contributed by atoms with Gasteiger partial charge in [-0.3, -0.25) is 0 Å². The Hall–Kier alpha value is -1.74. The average Bonchev–Trinajstić information content (AvgIpc) is 2.33. The summed E-state index contributed by atoms with van der Waals surface area (Å²) in [6, 6.07) is -1.38. The number of urea groups is 1. The van der Waals surface area contributed by atoms with Crippen LogP contribution >= 0.6 is 0 Å². The van der Waals surface area contributed by atoms with Crippen LogP contribution in [0, 0.1) is 12.3 Å². The fraction of sp³-hybridized carbons (Fsp3) is 0.667. The highest BCUT2D eigenvalue weighted by molar-refractivity contribution is 5.82. The molecule has 0 rings (SSSR count). The number of amides is 2. The van der Waals surface area contributed by atoms with E-state index in [1.165, 1.54) is 0 Å². The van der Waals surface area contributed by atoms with Crippen LogP contribution in [-0.2, 0) is 9.53 Å². The number of carbonyl (C=O) groups is 2. The molecule has 102 valence electrons. The quantitative estimate of drug-likeness (QED) is 0.416. The van der Waals surface area contributed by atoms with Gasteiger partial charge in [-0.25, -0.2) is 9.59 Å². The second kappa shape index (κ2) is 10.4. The van der Waals surface area contributed by atoms with Gasteiger partial charge in [0.25, 0.3) is 0 Å². The number of ether oxygens (including phenoxy) is 1. The number of carboxylic acids is 1. The fourth-order valence-corrected chi connectivity index (χ4v) is 1.29. The van der Waals surface area contributed by atoms with Crippen molar-refractivity contribution in [2.45, 2.75) is 31.7 Å². The molecule has 0 saturated heterocycles. The molecule has 0 aromatic heterocycles. The van der Waals surface area contributed by atoms with E-state index < -0.39 is 18.0 Å². The molecule has 1 unspecified atom stereocenters. The summed E-state index contributed by atoms with van der Waals surface area (Å²) in [7, 11) is 1.54. The van der Waals surface area contributed by atoms with Gasteiger partial charge in [0.2, 0.25) is 0 Å². The van der Waals surface area contributed by atoms with Crippen molar-refractivity contribution in [1.29, 1.82) is 0 Å². The minimum atomic E-state index is -1.05. The smallest absolute Gasteiger partial charge is 0.326 e. The number of carboxylic acid groups (broad SMARTS) is 1. The van der Waals surface area contributed by atoms with Gasteiger partial charge in [0.15, 0.2) is 0 Å². The number of aliphatic carboxylic acids is 1. The first-order valence-corrected chi connectivity index (χ1v) is 5.81. The van der Waals surface area contributed by atoms with Gasteiger partial charge in [-0.05, 0) is 19.3 Å². The zero-order valence-corrected chi connectivity index (χ0v) is 10.6. The van der Waals surface area contributed by atoms with Crippen molar-refractivity contribution in [2.24, 2.45) is 0 Å². The highest BCUT2D eigenvalue weighted by Crippen LogP contribution is 1.98. The molecular weight excluding hydrogens is 236 g/mol. The van der Waals surface area contributed by atoms with Crippen molar-refractivity contribution >= 4 is 12.0 Å². The van der Waals surface area contributed by atoms with Crippen molar-refractivity contribution in [3.05, 3.63) is 0 Å². The standard InChI is InChI=1S/C12H20N2O4/c1-3-4-5-8-13-12(17)14-10(11(15)16)7-6-9-18-2/h1,10H,4-9H2,2H3,(H,15,16)(H2,13,14,17). The summed E-state index contributed by atoms with van der Waals surface area (Å²) in [4.78, 5) is 22.3. The first-order chi connectivity index (χ1) is 8.61. The molecule has 6 nitrogen and oxygen atoms in total. The minimum Gasteiger partial charge on any atom is -0.480 e. The fourth-order valence-electron chi connectivity index (χ4n) is 1.29. The number of rotatable bonds is 9. The Morgan fingerprint density at radius 3 is 2.72 bits per heavy atom. The van der Waals surface area contributed by atoms with E-state index in [-0.39, 0.29) is 0 Å². The molecule has 6 heteroatoms. The zero-order chi connectivity index (χ0) is 13.8. The van der Waals surface area contributed by atoms with Crippen molar-refractivity contribution in [2.75, 3.05) is 20.3 Å². The third kappa shape index (κ3) is 8.42. The van der Waals surface area contributed by atoms with Gasteiger partial charge in [-0.2, -0.15) is 0 Å². The normalized spacial score (nSPS) is 11.3. The van der Waals surface area contributed by atoms with E-state index in [4.69, 9.17) is 16.3 Å². The predicted octanol–water partition coefficient (Wildman–Crippen LogP) is 0.579. The predicted molar refractivity (Wildman–Crippen MR) is 67.1 cm³/mol. The van der Waals surface area contributed by atoms with E-state index in [0.29, 0.717) is 38.8 Å². The van der Waals surface area contributed by atoms with Crippen molar-refractivity contribution in [3.63, 3.8) is 0 Å². The van der Waals surface area contributed by atoms with Gasteiger partial charge in [0.05, 0.1) is 0 Å². The van der Waals surface area contributed by atoms with Gasteiger partial charge >= 0.3 is 12.0 Å². The molecular formula is C12H20N2O4. The topological polar surface area (TPSA) is 87.7 Å². The number of methoxy groups -OCH3 is 1. The van der Waals surface area contributed by atoms with Crippen LogP contribution < -0.4 is 10.6 Å². The van der Waals surface area contributed by atoms with Crippen LogP contribution in [0.25, 0.3) is 0 Å². The van der Waals surface area contributed by atoms with Crippen LogP contribution in [0.2, 0.25) is 0 Å². The lowest BCUT2D eigenvalue weighted by Gasteiger charge is -2.14. The van der Waals surface area contributed by atoms with E-state index in [1.54, 1.807) is 7.11 Å². The highest BCUT2D eigenvalue weighted by Gasteiger charge is 2.18. The van der Waals surface area contributed by atoms with Gasteiger partial charge in [-0.1, -0.05) is 0 Å². The van der Waals surface area contributed by atoms with Gasteiger partial charge in [0.1, 0.15) is 6.04 Å². The molecule has 0 aliphatic rings. The third-order valence-electron chi connectivity index (χ3n) is 2.23. The number of nitrogens with one attached hydrogen (secondary N) is 2. The zero-order valence-electron chi connectivity index (χ0n) is 10.6. The lowest BCUT2D eigenvalue weighted by atomic mass is 10.1. The highest BCUT2D eigenvalue weighted by atomic mass is 16.5. The molecule has 0 spiro atoms. The van der Waals surface area contributed by atoms with Crippen LogP contribution in [0.3, 0.4) is 0 Å². The number of carbonyl (C=O) groups excluding carboxylic acids is 1. The summed E-state index contributed by atoms with van der Waals surface area (Å²) in [5.74, 6) is 1.40. The Kier molecular flexibility index (Phi) is 9.41. The van der Waals surface area contributed by atoms with Crippen molar-refractivity contribution < 1.29 is 19.4 Å². The molecule has 0 aromatic rings. The number of unbranched alkanes of at least 4 members (excludes halogenated alkanes) is 1. The summed E-state index contributed by atoms with van der Waals surface area (Å²) in [5.41, 5.74) is 0. The molecule has 0 aliphatic carbocycles. The Morgan fingerprint density at radius 2 is 2.17 bits per heavy atom. The molecule has 0 saturated carbocycles. The molecule has 2 amide bonds. The van der Waals surface area contributed by atoms with E-state index in [9.17, 15) is 9.59 Å². The molecule has 1 atom stereocenters. The van der Waals surface area contributed by atoms with E-state index >= 15 is 0 Å². The van der Waals surface area contributed by atoms with Crippen molar-refractivity contribution in [1.82, 2.24) is 10.6 Å². The average molecular weight is 256 g/mol. The Bertz CT molecular complexity index is 299. The van der Waals surface area contributed by atoms with Crippen LogP contribution in [0.1, 0.15) is 25.7 Å². The summed E-state index contributed by atoms with van der Waals surface area (Å²) >= 11 is 0. The van der Waals surface area contributed by atoms with Crippen LogP contribution in [0.5, 0.6) is 0 Å². The molecule has 18 heavy (non-hydrogen) atoms. The third-order valence-corrected chi connectivity index (χ3v) is 2.23. The maximum absolute atomic E-state index is 11.4. The van der Waals surface area contributed by atoms with Crippen LogP contribution in [0.15, 0.2) is 0 Å². The molecule has 0 radical (unpaired) electrons. The Morgan fingerprint density at radius 1 is 1.44 bits per heavy atom. The van der Waals surface area contributed by atoms with Crippen molar-refractivity contribution in [3.8, 4) is 12.3 Å². The first kappa shape index (κ1) is 16.3. The SMILES string of the molecule is C#CCCCNC(=O)NC(CCCOC)C(=O)O. The maximum Gasteiger partial charge on any atom is 0.326 e. The molecule has 0 aliphatic heterocycles. The monoisotopic (exact) mass is 256 g/mol. The molecule has 0 bridgehead atoms. The Balaban J connectivity index is 3.89. The summed E-state index contributed by atoms with van der Waals surface area (Å²) in [6.45, 7) is 0.899. The summed E-state index contributed by atoms with van der Waals surface area (Å²) in [6.07, 6.45) is 7.23. The second-order valence-corrected chi connectivity index (χ2v) is 3.73. The van der Waals surface area contributed by atoms with Gasteiger partial charge in [0, 0.05) is 26.7 Å². The lowest BCUT2D eigenvalue weighted by Crippen LogP contribution is -2.46. The molecule has 0 aromatic carbocycles. The summed E-state index contributed by atoms with van der Waals surface area (Å²) < 4.78 is 4.83. The lowest BCUT2D eigenvalue weighted by molar-refractivity contribution is -0.139. The molecule has 0 fully saturated rings. The van der Waals surface area contributed by atoms with Crippen LogP contribution in [0.4, 0.5) is 4.79 Å². The van der Waals surface area contributed by atoms with E-state index in [2.05, 4.69) is 16.6 Å². The molecule has 0 heterocycles. The van der Waals surface area contributed by atoms with E-state index in [1.807, 2.05) is 0 Å². The second-order valence-electron chi connectivity index (χ2n) is 3.73. The largest absolute Gasteiger partial charge is 0.480 e. The van der Waals surface area contributed by atoms with Crippen LogP contribution in [-0.4, -0.2) is 43.4 Å². The maximum atomic E-state index is 11.4. The van der Waals surface area contributed by atoms with Gasteiger partial charge < -0.3 is 20.5 Å². The Labute approximate surface area is 107 Å². The number of hydrogen-bond donors (Lipinski definition) is 3. The van der Waals surface area contributed by atoms with E-state index in [0.717, 1.165) is 0 Å². The summed E-state index contributed by atoms with van der Waals surface area (Å²) in [5, 5.41) is 13.9. The number of hydrogen-bond acceptors (Lipinski definition) is 3.